The summed E-state index contributed by atoms with van der Waals surface area (Å²) in [5.41, 5.74) is 2.72. The number of piperazine rings is 1. The minimum atomic E-state index is -0.399. The van der Waals surface area contributed by atoms with Gasteiger partial charge in [0.15, 0.2) is 0 Å². The highest BCUT2D eigenvalue weighted by Crippen LogP contribution is 2.30. The fraction of sp³-hybridized carbons (Fsp3) is 0.417. The molecule has 1 atom stereocenters. The van der Waals surface area contributed by atoms with Gasteiger partial charge in [0, 0.05) is 26.2 Å². The Labute approximate surface area is 177 Å². The van der Waals surface area contributed by atoms with Crippen LogP contribution in [-0.2, 0) is 16.0 Å². The number of benzene rings is 2. The molecule has 4 rings (SSSR count). The van der Waals surface area contributed by atoms with Gasteiger partial charge in [-0.2, -0.15) is 0 Å². The van der Waals surface area contributed by atoms with E-state index in [-0.39, 0.29) is 24.0 Å². The highest BCUT2D eigenvalue weighted by molar-refractivity contribution is 6.22. The Morgan fingerprint density at radius 1 is 0.967 bits per heavy atom. The van der Waals surface area contributed by atoms with Gasteiger partial charge in [0.2, 0.25) is 5.91 Å². The first-order chi connectivity index (χ1) is 14.6. The maximum atomic E-state index is 13.1. The highest BCUT2D eigenvalue weighted by Gasteiger charge is 2.43. The predicted molar refractivity (Wildman–Crippen MR) is 118 cm³/mol. The first-order valence-corrected chi connectivity index (χ1v) is 10.8. The van der Waals surface area contributed by atoms with Crippen molar-refractivity contribution in [3.8, 4) is 5.75 Å². The number of unbranched alkanes of at least 4 members (excludes halogenated alkanes) is 1. The average molecular weight is 408 g/mol. The average Bonchev–Trinajstić information content (AvgIpc) is 3.07. The third kappa shape index (κ3) is 4.05. The van der Waals surface area contributed by atoms with Gasteiger partial charge in [-0.25, -0.2) is 4.90 Å². The summed E-state index contributed by atoms with van der Waals surface area (Å²) in [5, 5.41) is 10.1. The van der Waals surface area contributed by atoms with Crippen LogP contribution in [0.3, 0.4) is 0 Å². The molecule has 0 unspecified atom stereocenters. The van der Waals surface area contributed by atoms with Gasteiger partial charge in [-0.05, 0) is 42.7 Å². The number of imide groups is 1. The SMILES string of the molecule is CCCCc1ccc(N2C(=O)C[C@H](N3CCN(c4ccccc4O)CC3)C2=O)cc1. The number of carbonyl (C=O) groups is 2. The molecule has 0 aliphatic carbocycles. The molecule has 2 aliphatic heterocycles. The summed E-state index contributed by atoms with van der Waals surface area (Å²) in [6.45, 7) is 4.95. The van der Waals surface area contributed by atoms with E-state index in [0.717, 1.165) is 24.9 Å². The Balaban J connectivity index is 1.40. The number of phenols is 1. The van der Waals surface area contributed by atoms with E-state index in [1.54, 1.807) is 6.07 Å². The number of rotatable bonds is 6. The highest BCUT2D eigenvalue weighted by atomic mass is 16.3. The first-order valence-electron chi connectivity index (χ1n) is 10.8. The maximum absolute atomic E-state index is 13.1. The zero-order valence-corrected chi connectivity index (χ0v) is 17.5. The quantitative estimate of drug-likeness (QED) is 0.745. The smallest absolute Gasteiger partial charge is 0.251 e. The molecule has 6 heteroatoms. The number of para-hydroxylation sites is 2. The standard InChI is InChI=1S/C24H29N3O3/c1-2-3-6-18-9-11-19(12-10-18)27-23(29)17-21(24(27)30)26-15-13-25(14-16-26)20-7-4-5-8-22(20)28/h4-5,7-12,21,28H,2-3,6,13-17H2,1H3/t21-/m0/s1. The summed E-state index contributed by atoms with van der Waals surface area (Å²) in [6.07, 6.45) is 3.52. The molecule has 2 amide bonds. The Morgan fingerprint density at radius 3 is 2.33 bits per heavy atom. The Morgan fingerprint density at radius 2 is 1.67 bits per heavy atom. The van der Waals surface area contributed by atoms with Crippen LogP contribution < -0.4 is 9.80 Å². The van der Waals surface area contributed by atoms with E-state index >= 15 is 0 Å². The Kier molecular flexibility index (Phi) is 6.04. The Hall–Kier alpha value is -2.86. The van der Waals surface area contributed by atoms with Gasteiger partial charge in [0.25, 0.3) is 5.91 Å². The summed E-state index contributed by atoms with van der Waals surface area (Å²) in [4.78, 5) is 31.3. The summed E-state index contributed by atoms with van der Waals surface area (Å²) in [5.74, 6) is 0.0124. The Bertz CT molecular complexity index is 904. The molecule has 30 heavy (non-hydrogen) atoms. The molecule has 2 aromatic carbocycles. The van der Waals surface area contributed by atoms with E-state index in [2.05, 4.69) is 16.7 Å². The van der Waals surface area contributed by atoms with E-state index in [9.17, 15) is 14.7 Å². The fourth-order valence-electron chi connectivity index (χ4n) is 4.37. The minimum absolute atomic E-state index is 0.127. The summed E-state index contributed by atoms with van der Waals surface area (Å²) in [6, 6.07) is 14.7. The molecule has 158 valence electrons. The molecule has 1 N–H and O–H groups in total. The van der Waals surface area contributed by atoms with Crippen LogP contribution in [0.1, 0.15) is 31.7 Å². The lowest BCUT2D eigenvalue weighted by molar-refractivity contribution is -0.123. The largest absolute Gasteiger partial charge is 0.506 e. The van der Waals surface area contributed by atoms with Crippen molar-refractivity contribution in [1.82, 2.24) is 4.90 Å². The number of anilines is 2. The molecule has 0 aromatic heterocycles. The normalized spacial score (nSPS) is 20.2. The number of hydrogen-bond donors (Lipinski definition) is 1. The molecule has 2 aliphatic rings. The third-order valence-electron chi connectivity index (χ3n) is 6.11. The number of carbonyl (C=O) groups excluding carboxylic acids is 2. The zero-order chi connectivity index (χ0) is 21.1. The molecule has 0 spiro atoms. The number of amides is 2. The van der Waals surface area contributed by atoms with E-state index in [4.69, 9.17) is 0 Å². The van der Waals surface area contributed by atoms with Crippen LogP contribution in [0.5, 0.6) is 5.75 Å². The van der Waals surface area contributed by atoms with Crippen LogP contribution in [0.2, 0.25) is 0 Å². The van der Waals surface area contributed by atoms with E-state index in [0.29, 0.717) is 31.9 Å². The van der Waals surface area contributed by atoms with Crippen molar-refractivity contribution in [2.45, 2.75) is 38.6 Å². The summed E-state index contributed by atoms with van der Waals surface area (Å²) in [7, 11) is 0. The molecular formula is C24H29N3O3. The van der Waals surface area contributed by atoms with Crippen LogP contribution >= 0.6 is 0 Å². The monoisotopic (exact) mass is 407 g/mol. The van der Waals surface area contributed by atoms with Gasteiger partial charge in [0.1, 0.15) is 5.75 Å². The topological polar surface area (TPSA) is 64.1 Å². The maximum Gasteiger partial charge on any atom is 0.251 e. The molecule has 0 bridgehead atoms. The van der Waals surface area contributed by atoms with Gasteiger partial charge in [-0.3, -0.25) is 14.5 Å². The van der Waals surface area contributed by atoms with Gasteiger partial charge in [-0.1, -0.05) is 37.6 Å². The van der Waals surface area contributed by atoms with Crippen molar-refractivity contribution < 1.29 is 14.7 Å². The lowest BCUT2D eigenvalue weighted by Gasteiger charge is -2.38. The second-order valence-corrected chi connectivity index (χ2v) is 8.07. The summed E-state index contributed by atoms with van der Waals surface area (Å²) < 4.78 is 0. The molecule has 2 heterocycles. The minimum Gasteiger partial charge on any atom is -0.506 e. The van der Waals surface area contributed by atoms with Crippen molar-refractivity contribution in [3.05, 3.63) is 54.1 Å². The number of hydrogen-bond acceptors (Lipinski definition) is 5. The van der Waals surface area contributed by atoms with Crippen LogP contribution in [0.15, 0.2) is 48.5 Å². The molecule has 0 saturated carbocycles. The first kappa shape index (κ1) is 20.4. The molecule has 0 radical (unpaired) electrons. The third-order valence-corrected chi connectivity index (χ3v) is 6.11. The van der Waals surface area contributed by atoms with E-state index in [1.807, 2.05) is 42.5 Å². The van der Waals surface area contributed by atoms with Gasteiger partial charge >= 0.3 is 0 Å². The van der Waals surface area contributed by atoms with Crippen molar-refractivity contribution >= 4 is 23.2 Å². The molecule has 2 aromatic rings. The second-order valence-electron chi connectivity index (χ2n) is 8.07. The molecule has 2 fully saturated rings. The van der Waals surface area contributed by atoms with E-state index < -0.39 is 6.04 Å². The van der Waals surface area contributed by atoms with Crippen molar-refractivity contribution in [3.63, 3.8) is 0 Å². The van der Waals surface area contributed by atoms with Crippen molar-refractivity contribution in [2.24, 2.45) is 0 Å². The fourth-order valence-corrected chi connectivity index (χ4v) is 4.37. The molecule has 2 saturated heterocycles. The van der Waals surface area contributed by atoms with Crippen LogP contribution in [0, 0.1) is 0 Å². The molecule has 6 nitrogen and oxygen atoms in total. The van der Waals surface area contributed by atoms with Crippen LogP contribution in [0.25, 0.3) is 0 Å². The van der Waals surface area contributed by atoms with Gasteiger partial charge in [0.05, 0.1) is 23.8 Å². The van der Waals surface area contributed by atoms with Gasteiger partial charge < -0.3 is 10.0 Å². The number of aromatic hydroxyl groups is 1. The zero-order valence-electron chi connectivity index (χ0n) is 17.5. The predicted octanol–water partition coefficient (Wildman–Crippen LogP) is 3.19. The van der Waals surface area contributed by atoms with Gasteiger partial charge in [-0.15, -0.1) is 0 Å². The summed E-state index contributed by atoms with van der Waals surface area (Å²) >= 11 is 0. The van der Waals surface area contributed by atoms with Crippen LogP contribution in [0.4, 0.5) is 11.4 Å². The van der Waals surface area contributed by atoms with Crippen molar-refractivity contribution in [2.75, 3.05) is 36.0 Å². The van der Waals surface area contributed by atoms with Crippen molar-refractivity contribution in [1.29, 1.82) is 0 Å². The second kappa shape index (κ2) is 8.88. The van der Waals surface area contributed by atoms with Crippen LogP contribution in [-0.4, -0.2) is 54.0 Å². The van der Waals surface area contributed by atoms with E-state index in [1.165, 1.54) is 10.5 Å². The number of aryl methyl sites for hydroxylation is 1. The number of nitrogens with zero attached hydrogens (tertiary/aromatic N) is 3. The molecular weight excluding hydrogens is 378 g/mol. The lowest BCUT2D eigenvalue weighted by Crippen LogP contribution is -2.52. The number of phenolic OH excluding ortho intramolecular Hbond substituents is 1. The lowest BCUT2D eigenvalue weighted by atomic mass is 10.1.